The smallest absolute Gasteiger partial charge is 0.149 e. The van der Waals surface area contributed by atoms with Gasteiger partial charge in [-0.3, -0.25) is 4.68 Å². The van der Waals surface area contributed by atoms with Crippen LogP contribution in [0, 0.1) is 0 Å². The standard InChI is InChI=1S/C7H14N4O2S/c1-8-5-7-6-11(10-9-7)3-4-14(2,12)13/h6,8H,3-5H2,1-2H3. The highest BCUT2D eigenvalue weighted by molar-refractivity contribution is 7.90. The summed E-state index contributed by atoms with van der Waals surface area (Å²) in [6, 6.07) is 0. The molecule has 1 N–H and O–H groups in total. The molecule has 80 valence electrons. The van der Waals surface area contributed by atoms with Gasteiger partial charge < -0.3 is 5.32 Å². The molecule has 0 unspecified atom stereocenters. The molecular formula is C7H14N4O2S. The van der Waals surface area contributed by atoms with Crippen molar-refractivity contribution in [2.45, 2.75) is 13.1 Å². The topological polar surface area (TPSA) is 76.9 Å². The van der Waals surface area contributed by atoms with Gasteiger partial charge >= 0.3 is 0 Å². The second-order valence-electron chi connectivity index (χ2n) is 3.13. The molecule has 0 aliphatic heterocycles. The van der Waals surface area contributed by atoms with Gasteiger partial charge in [-0.2, -0.15) is 0 Å². The van der Waals surface area contributed by atoms with Gasteiger partial charge in [-0.05, 0) is 7.05 Å². The molecule has 1 rings (SSSR count). The predicted molar refractivity (Wildman–Crippen MR) is 52.5 cm³/mol. The summed E-state index contributed by atoms with van der Waals surface area (Å²) in [5, 5.41) is 10.6. The molecule has 0 bridgehead atoms. The van der Waals surface area contributed by atoms with Gasteiger partial charge in [0.1, 0.15) is 9.84 Å². The van der Waals surface area contributed by atoms with Crippen molar-refractivity contribution in [3.05, 3.63) is 11.9 Å². The Balaban J connectivity index is 2.52. The molecule has 6 nitrogen and oxygen atoms in total. The quantitative estimate of drug-likeness (QED) is 0.689. The Kier molecular flexibility index (Phi) is 3.59. The van der Waals surface area contributed by atoms with Crippen molar-refractivity contribution >= 4 is 9.84 Å². The third kappa shape index (κ3) is 3.84. The third-order valence-electron chi connectivity index (χ3n) is 1.64. The summed E-state index contributed by atoms with van der Waals surface area (Å²) in [5.41, 5.74) is 0.806. The SMILES string of the molecule is CNCc1cn(CCS(C)(=O)=O)nn1. The minimum absolute atomic E-state index is 0.0926. The van der Waals surface area contributed by atoms with E-state index in [1.54, 1.807) is 6.20 Å². The molecule has 0 spiro atoms. The molecular weight excluding hydrogens is 204 g/mol. The van der Waals surface area contributed by atoms with Crippen LogP contribution in [0.3, 0.4) is 0 Å². The molecule has 0 aliphatic carbocycles. The van der Waals surface area contributed by atoms with Gasteiger partial charge in [-0.15, -0.1) is 5.10 Å². The van der Waals surface area contributed by atoms with Crippen LogP contribution < -0.4 is 5.32 Å². The van der Waals surface area contributed by atoms with E-state index in [0.717, 1.165) is 5.69 Å². The van der Waals surface area contributed by atoms with Crippen molar-refractivity contribution in [1.29, 1.82) is 0 Å². The maximum atomic E-state index is 10.9. The first-order valence-corrected chi connectivity index (χ1v) is 6.28. The van der Waals surface area contributed by atoms with Crippen molar-refractivity contribution in [2.75, 3.05) is 19.1 Å². The largest absolute Gasteiger partial charge is 0.314 e. The van der Waals surface area contributed by atoms with Crippen LogP contribution in [-0.4, -0.2) is 42.5 Å². The van der Waals surface area contributed by atoms with Gasteiger partial charge in [0, 0.05) is 19.0 Å². The molecule has 0 amide bonds. The maximum absolute atomic E-state index is 10.9. The van der Waals surface area contributed by atoms with Crippen molar-refractivity contribution in [3.63, 3.8) is 0 Å². The molecule has 0 fully saturated rings. The van der Waals surface area contributed by atoms with Crippen molar-refractivity contribution in [2.24, 2.45) is 0 Å². The zero-order valence-electron chi connectivity index (χ0n) is 8.27. The first-order chi connectivity index (χ1) is 6.51. The molecule has 0 aromatic carbocycles. The van der Waals surface area contributed by atoms with Crippen LogP contribution in [0.15, 0.2) is 6.20 Å². The lowest BCUT2D eigenvalue weighted by atomic mass is 10.5. The number of hydrogen-bond acceptors (Lipinski definition) is 5. The Hall–Kier alpha value is -0.950. The van der Waals surface area contributed by atoms with Gasteiger partial charge in [0.05, 0.1) is 18.0 Å². The van der Waals surface area contributed by atoms with E-state index in [0.29, 0.717) is 13.1 Å². The lowest BCUT2D eigenvalue weighted by molar-refractivity contribution is 0.579. The Morgan fingerprint density at radius 1 is 1.57 bits per heavy atom. The molecule has 1 aromatic rings. The number of nitrogens with zero attached hydrogens (tertiary/aromatic N) is 3. The van der Waals surface area contributed by atoms with E-state index in [2.05, 4.69) is 15.6 Å². The first-order valence-electron chi connectivity index (χ1n) is 4.22. The summed E-state index contributed by atoms with van der Waals surface area (Å²) in [7, 11) is -1.11. The number of sulfone groups is 1. The van der Waals surface area contributed by atoms with Crippen LogP contribution in [0.25, 0.3) is 0 Å². The Morgan fingerprint density at radius 3 is 2.86 bits per heavy atom. The number of nitrogens with one attached hydrogen (secondary N) is 1. The first kappa shape index (κ1) is 11.1. The van der Waals surface area contributed by atoms with Crippen molar-refractivity contribution in [3.8, 4) is 0 Å². The van der Waals surface area contributed by atoms with Gasteiger partial charge in [0.25, 0.3) is 0 Å². The van der Waals surface area contributed by atoms with E-state index in [1.165, 1.54) is 10.9 Å². The average Bonchev–Trinajstić information content (AvgIpc) is 2.49. The second-order valence-corrected chi connectivity index (χ2v) is 5.39. The van der Waals surface area contributed by atoms with Crippen LogP contribution in [0.1, 0.15) is 5.69 Å². The van der Waals surface area contributed by atoms with E-state index >= 15 is 0 Å². The molecule has 7 heteroatoms. The van der Waals surface area contributed by atoms with Crippen molar-refractivity contribution < 1.29 is 8.42 Å². The van der Waals surface area contributed by atoms with E-state index < -0.39 is 9.84 Å². The van der Waals surface area contributed by atoms with E-state index in [1.807, 2.05) is 7.05 Å². The highest BCUT2D eigenvalue weighted by atomic mass is 32.2. The van der Waals surface area contributed by atoms with E-state index in [-0.39, 0.29) is 5.75 Å². The number of hydrogen-bond donors (Lipinski definition) is 1. The van der Waals surface area contributed by atoms with E-state index in [9.17, 15) is 8.42 Å². The fourth-order valence-electron chi connectivity index (χ4n) is 0.969. The Morgan fingerprint density at radius 2 is 2.29 bits per heavy atom. The molecule has 0 aliphatic rings. The highest BCUT2D eigenvalue weighted by Gasteiger charge is 2.04. The van der Waals surface area contributed by atoms with Crippen LogP contribution in [0.4, 0.5) is 0 Å². The minimum atomic E-state index is -2.93. The lowest BCUT2D eigenvalue weighted by Crippen LogP contribution is -2.11. The normalized spacial score (nSPS) is 11.9. The van der Waals surface area contributed by atoms with Crippen LogP contribution in [0.2, 0.25) is 0 Å². The fourth-order valence-corrected chi connectivity index (χ4v) is 1.49. The summed E-state index contributed by atoms with van der Waals surface area (Å²) in [6.45, 7) is 0.994. The Bertz CT molecular complexity index is 384. The molecule has 1 aromatic heterocycles. The monoisotopic (exact) mass is 218 g/mol. The molecule has 1 heterocycles. The van der Waals surface area contributed by atoms with E-state index in [4.69, 9.17) is 0 Å². The zero-order chi connectivity index (χ0) is 10.6. The third-order valence-corrected chi connectivity index (χ3v) is 2.56. The van der Waals surface area contributed by atoms with Crippen molar-refractivity contribution in [1.82, 2.24) is 20.3 Å². The van der Waals surface area contributed by atoms with Gasteiger partial charge in [-0.25, -0.2) is 8.42 Å². The summed E-state index contributed by atoms with van der Waals surface area (Å²) in [5.74, 6) is 0.0926. The number of rotatable bonds is 5. The summed E-state index contributed by atoms with van der Waals surface area (Å²) in [4.78, 5) is 0. The van der Waals surface area contributed by atoms with Gasteiger partial charge in [0.15, 0.2) is 0 Å². The van der Waals surface area contributed by atoms with Gasteiger partial charge in [0.2, 0.25) is 0 Å². The average molecular weight is 218 g/mol. The number of aryl methyl sites for hydroxylation is 1. The molecule has 0 saturated heterocycles. The highest BCUT2D eigenvalue weighted by Crippen LogP contribution is 1.93. The lowest BCUT2D eigenvalue weighted by Gasteiger charge is -1.97. The minimum Gasteiger partial charge on any atom is -0.314 e. The maximum Gasteiger partial charge on any atom is 0.149 e. The summed E-state index contributed by atoms with van der Waals surface area (Å²) >= 11 is 0. The number of aromatic nitrogens is 3. The molecule has 14 heavy (non-hydrogen) atoms. The Labute approximate surface area is 83.2 Å². The predicted octanol–water partition coefficient (Wildman–Crippen LogP) is -0.958. The van der Waals surface area contributed by atoms with Gasteiger partial charge in [-0.1, -0.05) is 5.21 Å². The zero-order valence-corrected chi connectivity index (χ0v) is 9.08. The van der Waals surface area contributed by atoms with Crippen LogP contribution in [-0.2, 0) is 22.9 Å². The molecule has 0 atom stereocenters. The summed E-state index contributed by atoms with van der Waals surface area (Å²) < 4.78 is 23.3. The summed E-state index contributed by atoms with van der Waals surface area (Å²) in [6.07, 6.45) is 2.94. The van der Waals surface area contributed by atoms with Crippen LogP contribution >= 0.6 is 0 Å². The molecule has 0 radical (unpaired) electrons. The fraction of sp³-hybridized carbons (Fsp3) is 0.714. The molecule has 0 saturated carbocycles. The second kappa shape index (κ2) is 4.52. The van der Waals surface area contributed by atoms with Crippen LogP contribution in [0.5, 0.6) is 0 Å².